The van der Waals surface area contributed by atoms with E-state index in [0.717, 1.165) is 70.2 Å². The van der Waals surface area contributed by atoms with Gasteiger partial charge in [-0.1, -0.05) is 12.1 Å². The van der Waals surface area contributed by atoms with Crippen molar-refractivity contribution in [1.82, 2.24) is 19.6 Å². The third kappa shape index (κ3) is 7.13. The fourth-order valence-electron chi connectivity index (χ4n) is 5.87. The van der Waals surface area contributed by atoms with Gasteiger partial charge in [0.05, 0.1) is 30.7 Å². The summed E-state index contributed by atoms with van der Waals surface area (Å²) in [5.74, 6) is 1.32. The van der Waals surface area contributed by atoms with Crippen molar-refractivity contribution in [1.29, 1.82) is 0 Å². The molecule has 2 aromatic rings. The van der Waals surface area contributed by atoms with Crippen LogP contribution in [0.5, 0.6) is 0 Å². The number of carbonyl (C=O) groups is 2. The fraction of sp³-hybridized carbons (Fsp3) is 0.577. The zero-order valence-electron chi connectivity index (χ0n) is 21.1. The Morgan fingerprint density at radius 3 is 2.28 bits per heavy atom. The number of ether oxygens (including phenoxy) is 1. The summed E-state index contributed by atoms with van der Waals surface area (Å²) >= 11 is 0. The van der Waals surface area contributed by atoms with E-state index < -0.39 is 0 Å². The highest BCUT2D eigenvalue weighted by Gasteiger charge is 2.43. The van der Waals surface area contributed by atoms with Gasteiger partial charge in [0.15, 0.2) is 0 Å². The van der Waals surface area contributed by atoms with Gasteiger partial charge >= 0.3 is 0 Å². The summed E-state index contributed by atoms with van der Waals surface area (Å²) in [5, 5.41) is 29.2. The molecule has 2 saturated heterocycles. The molecule has 1 aromatic carbocycles. The van der Waals surface area contributed by atoms with E-state index in [1.807, 2.05) is 11.6 Å². The van der Waals surface area contributed by atoms with Gasteiger partial charge in [-0.15, -0.1) is 0 Å². The van der Waals surface area contributed by atoms with Crippen molar-refractivity contribution in [3.05, 3.63) is 47.3 Å². The van der Waals surface area contributed by atoms with Gasteiger partial charge in [-0.3, -0.25) is 19.4 Å². The topological polar surface area (TPSA) is 128 Å². The number of nitrogens with zero attached hydrogens (tertiary/aromatic N) is 4. The van der Waals surface area contributed by atoms with Crippen molar-refractivity contribution in [3.63, 3.8) is 0 Å². The lowest BCUT2D eigenvalue weighted by atomic mass is 9.77. The number of fused-ring (bicyclic) bond motifs is 1. The molecule has 0 amide bonds. The molecule has 1 saturated carbocycles. The summed E-state index contributed by atoms with van der Waals surface area (Å²) in [6, 6.07) is 11.2. The number of hydrogen-bond donors (Lipinski definition) is 3. The van der Waals surface area contributed by atoms with Crippen molar-refractivity contribution < 1.29 is 29.6 Å². The fourth-order valence-corrected chi connectivity index (χ4v) is 5.87. The number of aromatic nitrogens is 2. The Morgan fingerprint density at radius 1 is 1.03 bits per heavy atom. The Kier molecular flexibility index (Phi) is 10.4. The summed E-state index contributed by atoms with van der Waals surface area (Å²) in [6.07, 6.45) is 1.86. The van der Waals surface area contributed by atoms with Crippen molar-refractivity contribution in [3.8, 4) is 5.69 Å². The molecule has 2 aliphatic heterocycles. The molecule has 3 fully saturated rings. The number of carboxylic acid groups (broad SMARTS) is 2. The molecule has 4 atom stereocenters. The summed E-state index contributed by atoms with van der Waals surface area (Å²) in [6.45, 7) is 10.4. The van der Waals surface area contributed by atoms with Crippen LogP contribution in [-0.2, 0) is 20.9 Å². The minimum absolute atomic E-state index is 0.196. The molecule has 1 aliphatic carbocycles. The number of rotatable bonds is 4. The maximum Gasteiger partial charge on any atom is 0.290 e. The third-order valence-corrected chi connectivity index (χ3v) is 7.27. The first-order valence-corrected chi connectivity index (χ1v) is 12.4. The average molecular weight is 503 g/mol. The van der Waals surface area contributed by atoms with Gasteiger partial charge < -0.3 is 20.1 Å². The average Bonchev–Trinajstić information content (AvgIpc) is 3.41. The minimum Gasteiger partial charge on any atom is -0.483 e. The Bertz CT molecular complexity index is 971. The highest BCUT2D eigenvalue weighted by molar-refractivity contribution is 5.37. The van der Waals surface area contributed by atoms with Crippen molar-refractivity contribution in [2.75, 3.05) is 39.4 Å². The second kappa shape index (κ2) is 13.5. The first-order chi connectivity index (χ1) is 17.4. The molecule has 0 bridgehead atoms. The Labute approximate surface area is 212 Å². The molecule has 3 heterocycles. The van der Waals surface area contributed by atoms with Gasteiger partial charge in [0.2, 0.25) is 0 Å². The SMILES string of the molecule is Cc1cc(C)n(-c2cccc(CN3C[C@H]4C[C@@H](N5CCOCC5)[C@H](O)C[C@H]4C3)c2)n1.O=CO.O=CO. The Morgan fingerprint density at radius 2 is 1.67 bits per heavy atom. The van der Waals surface area contributed by atoms with E-state index in [-0.39, 0.29) is 19.0 Å². The summed E-state index contributed by atoms with van der Waals surface area (Å²) in [7, 11) is 0. The van der Waals surface area contributed by atoms with Crippen LogP contribution in [0.4, 0.5) is 0 Å². The monoisotopic (exact) mass is 502 g/mol. The molecule has 10 nitrogen and oxygen atoms in total. The molecule has 3 aliphatic rings. The lowest BCUT2D eigenvalue weighted by Gasteiger charge is -2.43. The molecule has 10 heteroatoms. The van der Waals surface area contributed by atoms with Crippen LogP contribution < -0.4 is 0 Å². The van der Waals surface area contributed by atoms with Crippen molar-refractivity contribution in [2.45, 2.75) is 45.4 Å². The van der Waals surface area contributed by atoms with E-state index in [1.165, 1.54) is 11.3 Å². The van der Waals surface area contributed by atoms with E-state index in [9.17, 15) is 5.11 Å². The standard InChI is InChI=1S/C24H34N4O2.2CH2O2/c1-17-10-18(2)28(25-17)22-5-3-4-19(11-22)14-26-15-20-12-23(24(29)13-21(20)16-26)27-6-8-30-9-7-27;2*2-1-3/h3-5,10-11,20-21,23-24,29H,6-9,12-16H2,1-2H3;2*1H,(H,2,3)/t20-,21+,23-,24-;;/m1../s1. The molecular weight excluding hydrogens is 464 g/mol. The van der Waals surface area contributed by atoms with Crippen LogP contribution in [-0.4, -0.2) is 99.4 Å². The number of aryl methyl sites for hydroxylation is 2. The second-order valence-corrected chi connectivity index (χ2v) is 9.69. The second-order valence-electron chi connectivity index (χ2n) is 9.69. The van der Waals surface area contributed by atoms with E-state index in [4.69, 9.17) is 24.5 Å². The van der Waals surface area contributed by atoms with E-state index in [1.54, 1.807) is 0 Å². The van der Waals surface area contributed by atoms with Crippen LogP contribution in [0.3, 0.4) is 0 Å². The molecule has 1 aromatic heterocycles. The van der Waals surface area contributed by atoms with E-state index in [2.05, 4.69) is 52.2 Å². The maximum absolute atomic E-state index is 10.8. The van der Waals surface area contributed by atoms with Crippen LogP contribution >= 0.6 is 0 Å². The number of morpholine rings is 1. The Hall–Kier alpha value is -2.79. The van der Waals surface area contributed by atoms with Crippen LogP contribution in [0.1, 0.15) is 29.8 Å². The Balaban J connectivity index is 0.000000550. The quantitative estimate of drug-likeness (QED) is 0.536. The van der Waals surface area contributed by atoms with Gasteiger partial charge in [-0.25, -0.2) is 4.68 Å². The molecule has 3 N–H and O–H groups in total. The first kappa shape index (κ1) is 27.8. The number of hydrogen-bond acceptors (Lipinski definition) is 7. The van der Waals surface area contributed by atoms with Crippen LogP contribution in [0, 0.1) is 25.7 Å². The lowest BCUT2D eigenvalue weighted by molar-refractivity contribution is -0.123. The maximum atomic E-state index is 10.8. The number of likely N-dealkylation sites (tertiary alicyclic amines) is 1. The molecule has 36 heavy (non-hydrogen) atoms. The van der Waals surface area contributed by atoms with Gasteiger partial charge in [-0.05, 0) is 62.3 Å². The van der Waals surface area contributed by atoms with Crippen LogP contribution in [0.2, 0.25) is 0 Å². The van der Waals surface area contributed by atoms with E-state index >= 15 is 0 Å². The molecule has 0 spiro atoms. The summed E-state index contributed by atoms with van der Waals surface area (Å²) in [4.78, 5) is 21.8. The van der Waals surface area contributed by atoms with Gasteiger partial charge in [0, 0.05) is 44.5 Å². The first-order valence-electron chi connectivity index (χ1n) is 12.4. The highest BCUT2D eigenvalue weighted by Crippen LogP contribution is 2.39. The number of aliphatic hydroxyl groups is 1. The molecule has 0 radical (unpaired) electrons. The number of aliphatic hydroxyl groups excluding tert-OH is 1. The molecular formula is C26H38N4O6. The minimum atomic E-state index is -0.250. The zero-order chi connectivity index (χ0) is 26.1. The van der Waals surface area contributed by atoms with E-state index in [0.29, 0.717) is 17.9 Å². The van der Waals surface area contributed by atoms with Crippen LogP contribution in [0.25, 0.3) is 5.69 Å². The predicted octanol–water partition coefficient (Wildman–Crippen LogP) is 1.79. The molecule has 5 rings (SSSR count). The van der Waals surface area contributed by atoms with Crippen molar-refractivity contribution >= 4 is 12.9 Å². The van der Waals surface area contributed by atoms with Gasteiger partial charge in [-0.2, -0.15) is 5.10 Å². The molecule has 0 unspecified atom stereocenters. The lowest BCUT2D eigenvalue weighted by Crippen LogP contribution is -2.53. The highest BCUT2D eigenvalue weighted by atomic mass is 16.5. The molecule has 198 valence electrons. The van der Waals surface area contributed by atoms with Gasteiger partial charge in [0.1, 0.15) is 0 Å². The normalized spacial score (nSPS) is 26.1. The zero-order valence-corrected chi connectivity index (χ0v) is 21.1. The predicted molar refractivity (Wildman–Crippen MR) is 134 cm³/mol. The third-order valence-electron chi connectivity index (χ3n) is 7.27. The smallest absolute Gasteiger partial charge is 0.290 e. The van der Waals surface area contributed by atoms with Gasteiger partial charge in [0.25, 0.3) is 12.9 Å². The summed E-state index contributed by atoms with van der Waals surface area (Å²) < 4.78 is 7.54. The largest absolute Gasteiger partial charge is 0.483 e. The summed E-state index contributed by atoms with van der Waals surface area (Å²) in [5.41, 5.74) is 4.69. The van der Waals surface area contributed by atoms with Crippen LogP contribution in [0.15, 0.2) is 30.3 Å². The number of benzene rings is 1. The van der Waals surface area contributed by atoms with Crippen molar-refractivity contribution in [2.24, 2.45) is 11.8 Å².